The van der Waals surface area contributed by atoms with E-state index >= 15 is 8.78 Å². The molecular formula is C36H31F5N6O8S. The van der Waals surface area contributed by atoms with E-state index in [0.717, 1.165) is 19.2 Å². The number of carbonyl (C=O) groups excluding carboxylic acids is 1. The second-order valence-electron chi connectivity index (χ2n) is 12.5. The zero-order valence-electron chi connectivity index (χ0n) is 29.5. The number of anilines is 1. The van der Waals surface area contributed by atoms with E-state index in [-0.39, 0.29) is 39.5 Å². The Kier molecular flexibility index (Phi) is 11.8. The third-order valence-corrected chi connectivity index (χ3v) is 9.52. The maximum atomic E-state index is 15.1. The Morgan fingerprint density at radius 3 is 2.11 bits per heavy atom. The largest absolute Gasteiger partial charge is 0.480 e. The Balaban J connectivity index is 1.26. The Morgan fingerprint density at radius 1 is 0.911 bits per heavy atom. The number of carbonyl (C=O) groups is 2. The van der Waals surface area contributed by atoms with Crippen LogP contribution in [-0.2, 0) is 45.8 Å². The Morgan fingerprint density at radius 2 is 1.54 bits per heavy atom. The molecule has 56 heavy (non-hydrogen) atoms. The normalized spacial score (nSPS) is 12.4. The van der Waals surface area contributed by atoms with Crippen molar-refractivity contribution in [1.29, 1.82) is 0 Å². The summed E-state index contributed by atoms with van der Waals surface area (Å²) in [6.45, 7) is 3.94. The number of hydrogen-bond acceptors (Lipinski definition) is 9. The lowest BCUT2D eigenvalue weighted by molar-refractivity contribution is -0.144. The lowest BCUT2D eigenvalue weighted by Gasteiger charge is -2.17. The minimum absolute atomic E-state index is 0.0158. The van der Waals surface area contributed by atoms with Gasteiger partial charge in [-0.3, -0.25) is 18.9 Å². The quantitative estimate of drug-likeness (QED) is 0.144. The number of benzene rings is 3. The zero-order chi connectivity index (χ0) is 41.1. The summed E-state index contributed by atoms with van der Waals surface area (Å²) in [6, 6.07) is 9.47. The van der Waals surface area contributed by atoms with Gasteiger partial charge in [0.15, 0.2) is 5.82 Å². The van der Waals surface area contributed by atoms with Crippen LogP contribution in [0.15, 0.2) is 93.6 Å². The fourth-order valence-corrected chi connectivity index (χ4v) is 6.30. The molecule has 1 atom stereocenters. The van der Waals surface area contributed by atoms with Crippen molar-refractivity contribution in [3.8, 4) is 16.8 Å². The summed E-state index contributed by atoms with van der Waals surface area (Å²) >= 11 is 0. The summed E-state index contributed by atoms with van der Waals surface area (Å²) in [5.74, 6) is -5.25. The number of ether oxygens (including phenoxy) is 1. The van der Waals surface area contributed by atoms with Crippen molar-refractivity contribution in [3.05, 3.63) is 134 Å². The Hall–Kier alpha value is -6.28. The van der Waals surface area contributed by atoms with Crippen LogP contribution in [0.1, 0.15) is 41.3 Å². The predicted octanol–water partition coefficient (Wildman–Crippen LogP) is 4.44. The SMILES string of the molecule is CC(C)OCc1ncc(-c2ccc(S(=O)(=O)Nc3cc(F)c(C(=O)N[C@@H](Cc4ccc(-n5c(=O)cc(C(F)(F)F)n(C)c5=O)cc4)C(=O)O)cc3F)cc2)cn1. The van der Waals surface area contributed by atoms with E-state index in [0.29, 0.717) is 33.7 Å². The van der Waals surface area contributed by atoms with Crippen LogP contribution in [0, 0.1) is 11.6 Å². The molecule has 1 amide bonds. The first-order valence-corrected chi connectivity index (χ1v) is 17.8. The maximum absolute atomic E-state index is 15.1. The third-order valence-electron chi connectivity index (χ3n) is 8.14. The molecule has 5 rings (SSSR count). The Bertz CT molecular complexity index is 2510. The van der Waals surface area contributed by atoms with Gasteiger partial charge in [-0.05, 0) is 55.3 Å². The van der Waals surface area contributed by atoms with Crippen molar-refractivity contribution in [2.75, 3.05) is 4.72 Å². The van der Waals surface area contributed by atoms with Gasteiger partial charge in [-0.1, -0.05) is 24.3 Å². The molecule has 0 aliphatic heterocycles. The molecule has 0 aliphatic rings. The number of amides is 1. The average molecular weight is 803 g/mol. The summed E-state index contributed by atoms with van der Waals surface area (Å²) < 4.78 is 104. The van der Waals surface area contributed by atoms with Crippen LogP contribution in [0.25, 0.3) is 16.8 Å². The lowest BCUT2D eigenvalue weighted by atomic mass is 10.0. The van der Waals surface area contributed by atoms with Gasteiger partial charge in [0.2, 0.25) is 0 Å². The number of nitrogens with one attached hydrogen (secondary N) is 2. The molecule has 3 aromatic carbocycles. The molecule has 294 valence electrons. The van der Waals surface area contributed by atoms with Crippen LogP contribution in [0.2, 0.25) is 0 Å². The summed E-state index contributed by atoms with van der Waals surface area (Å²) in [5.41, 5.74) is -4.62. The first-order chi connectivity index (χ1) is 26.2. The van der Waals surface area contributed by atoms with E-state index < -0.39 is 80.4 Å². The van der Waals surface area contributed by atoms with E-state index in [1.165, 1.54) is 48.8 Å². The maximum Gasteiger partial charge on any atom is 0.431 e. The number of rotatable bonds is 13. The molecule has 2 aromatic heterocycles. The zero-order valence-corrected chi connectivity index (χ0v) is 30.3. The number of nitrogens with zero attached hydrogens (tertiary/aromatic N) is 4. The van der Waals surface area contributed by atoms with Gasteiger partial charge in [-0.25, -0.2) is 41.3 Å². The first kappa shape index (κ1) is 40.9. The minimum atomic E-state index is -4.97. The molecule has 0 fully saturated rings. The van der Waals surface area contributed by atoms with Crippen molar-refractivity contribution in [3.63, 3.8) is 0 Å². The van der Waals surface area contributed by atoms with Gasteiger partial charge < -0.3 is 15.2 Å². The van der Waals surface area contributed by atoms with Crippen molar-refractivity contribution in [2.45, 2.75) is 50.1 Å². The highest BCUT2D eigenvalue weighted by Gasteiger charge is 2.35. The summed E-state index contributed by atoms with van der Waals surface area (Å²) in [6.07, 6.45) is -2.37. The fraction of sp³-hybridized carbons (Fsp3) is 0.222. The standard InChI is InChI=1S/C36H31F5N6O8S/c1-19(2)55-18-31-42-16-22(17-43-31)21-6-10-24(11-7-21)56(53,54)45-28-14-26(37)25(13-27(28)38)33(49)44-29(34(50)51)12-20-4-8-23(9-5-20)47-32(48)15-30(36(39,40)41)46(3)35(47)52/h4-11,13-17,19,29,45H,12,18H2,1-3H3,(H,44,49)(H,50,51)/t29-/m0/s1. The summed E-state index contributed by atoms with van der Waals surface area (Å²) in [4.78, 5) is 58.0. The number of aromatic nitrogens is 4. The predicted molar refractivity (Wildman–Crippen MR) is 189 cm³/mol. The van der Waals surface area contributed by atoms with Gasteiger partial charge in [0.25, 0.3) is 21.5 Å². The molecule has 3 N–H and O–H groups in total. The van der Waals surface area contributed by atoms with Gasteiger partial charge in [-0.2, -0.15) is 13.2 Å². The molecule has 20 heteroatoms. The van der Waals surface area contributed by atoms with E-state index in [9.17, 15) is 45.9 Å². The summed E-state index contributed by atoms with van der Waals surface area (Å²) in [5, 5.41) is 11.8. The highest BCUT2D eigenvalue weighted by atomic mass is 32.2. The lowest BCUT2D eigenvalue weighted by Crippen LogP contribution is -2.42. The second kappa shape index (κ2) is 16.2. The number of halogens is 5. The number of sulfonamides is 1. The van der Waals surface area contributed by atoms with Crippen molar-refractivity contribution >= 4 is 27.6 Å². The minimum Gasteiger partial charge on any atom is -0.480 e. The molecule has 0 saturated carbocycles. The van der Waals surface area contributed by atoms with Crippen molar-refractivity contribution in [1.82, 2.24) is 24.4 Å². The molecule has 0 bridgehead atoms. The van der Waals surface area contributed by atoms with Gasteiger partial charge in [0.1, 0.15) is 30.0 Å². The highest BCUT2D eigenvalue weighted by Crippen LogP contribution is 2.28. The van der Waals surface area contributed by atoms with E-state index in [1.54, 1.807) is 0 Å². The van der Waals surface area contributed by atoms with Crippen LogP contribution < -0.4 is 21.3 Å². The van der Waals surface area contributed by atoms with Crippen LogP contribution >= 0.6 is 0 Å². The topological polar surface area (TPSA) is 192 Å². The Labute approximate surface area is 314 Å². The summed E-state index contributed by atoms with van der Waals surface area (Å²) in [7, 11) is -3.64. The number of carboxylic acid groups (broad SMARTS) is 1. The number of carboxylic acids is 1. The van der Waals surface area contributed by atoms with Gasteiger partial charge in [-0.15, -0.1) is 0 Å². The number of aliphatic carboxylic acids is 1. The van der Waals surface area contributed by atoms with E-state index in [1.807, 2.05) is 18.6 Å². The highest BCUT2D eigenvalue weighted by molar-refractivity contribution is 7.92. The van der Waals surface area contributed by atoms with Gasteiger partial charge >= 0.3 is 17.8 Å². The van der Waals surface area contributed by atoms with Crippen LogP contribution in [0.5, 0.6) is 0 Å². The average Bonchev–Trinajstić information content (AvgIpc) is 3.13. The van der Waals surface area contributed by atoms with Crippen molar-refractivity contribution in [2.24, 2.45) is 7.05 Å². The van der Waals surface area contributed by atoms with E-state index in [4.69, 9.17) is 4.74 Å². The molecule has 2 heterocycles. The van der Waals surface area contributed by atoms with Gasteiger partial charge in [0.05, 0.1) is 27.9 Å². The van der Waals surface area contributed by atoms with E-state index in [2.05, 4.69) is 15.3 Å². The fourth-order valence-electron chi connectivity index (χ4n) is 5.24. The molecule has 5 aromatic rings. The molecule has 14 nitrogen and oxygen atoms in total. The second-order valence-corrected chi connectivity index (χ2v) is 14.1. The van der Waals surface area contributed by atoms with Crippen molar-refractivity contribution < 1.29 is 49.8 Å². The number of alkyl halides is 3. The molecule has 0 saturated heterocycles. The first-order valence-electron chi connectivity index (χ1n) is 16.3. The number of hydrogen-bond donors (Lipinski definition) is 3. The molecule has 0 unspecified atom stereocenters. The third kappa shape index (κ3) is 9.32. The molecule has 0 aliphatic carbocycles. The van der Waals surface area contributed by atoms with Crippen LogP contribution in [-0.4, -0.2) is 56.6 Å². The van der Waals surface area contributed by atoms with Gasteiger partial charge in [0, 0.05) is 43.6 Å². The smallest absolute Gasteiger partial charge is 0.431 e. The molecule has 0 radical (unpaired) electrons. The monoisotopic (exact) mass is 802 g/mol. The van der Waals surface area contributed by atoms with Crippen LogP contribution in [0.4, 0.5) is 27.6 Å². The van der Waals surface area contributed by atoms with Crippen LogP contribution in [0.3, 0.4) is 0 Å². The molecular weight excluding hydrogens is 771 g/mol. The molecule has 0 spiro atoms.